The van der Waals surface area contributed by atoms with Gasteiger partial charge >= 0.3 is 0 Å². The Kier molecular flexibility index (Phi) is 5.82. The molecule has 6 heteroatoms. The summed E-state index contributed by atoms with van der Waals surface area (Å²) < 4.78 is 1.72. The van der Waals surface area contributed by atoms with Gasteiger partial charge in [-0.1, -0.05) is 6.92 Å². The van der Waals surface area contributed by atoms with Gasteiger partial charge in [0.2, 0.25) is 0 Å². The first-order valence-electron chi connectivity index (χ1n) is 6.71. The summed E-state index contributed by atoms with van der Waals surface area (Å²) in [6, 6.07) is 0.191. The molecule has 2 N–H and O–H groups in total. The molecule has 1 amide bonds. The lowest BCUT2D eigenvalue weighted by Gasteiger charge is -2.35. The van der Waals surface area contributed by atoms with Gasteiger partial charge in [0, 0.05) is 32.4 Å². The van der Waals surface area contributed by atoms with Gasteiger partial charge in [-0.3, -0.25) is 9.48 Å². The average molecular weight is 287 g/mol. The Morgan fingerprint density at radius 2 is 2.26 bits per heavy atom. The minimum absolute atomic E-state index is 0. The van der Waals surface area contributed by atoms with E-state index in [2.05, 4.69) is 5.10 Å². The molecule has 1 aliphatic heterocycles. The van der Waals surface area contributed by atoms with Crippen LogP contribution in [0.3, 0.4) is 0 Å². The predicted molar refractivity (Wildman–Crippen MR) is 77.6 cm³/mol. The van der Waals surface area contributed by atoms with Crippen molar-refractivity contribution in [2.45, 2.75) is 38.6 Å². The molecule has 0 radical (unpaired) electrons. The van der Waals surface area contributed by atoms with Crippen molar-refractivity contribution in [3.8, 4) is 0 Å². The van der Waals surface area contributed by atoms with E-state index in [4.69, 9.17) is 5.73 Å². The van der Waals surface area contributed by atoms with Crippen molar-refractivity contribution in [2.75, 3.05) is 13.1 Å². The van der Waals surface area contributed by atoms with Crippen LogP contribution in [0.5, 0.6) is 0 Å². The molecule has 0 saturated carbocycles. The van der Waals surface area contributed by atoms with E-state index in [0.717, 1.165) is 37.1 Å². The molecule has 0 spiro atoms. The van der Waals surface area contributed by atoms with Gasteiger partial charge in [-0.2, -0.15) is 5.10 Å². The molecular formula is C13H23ClN4O. The molecule has 0 aliphatic carbocycles. The van der Waals surface area contributed by atoms with E-state index in [1.54, 1.807) is 4.68 Å². The van der Waals surface area contributed by atoms with E-state index in [1.807, 2.05) is 25.1 Å². The zero-order valence-electron chi connectivity index (χ0n) is 11.6. The van der Waals surface area contributed by atoms with E-state index in [9.17, 15) is 4.79 Å². The Hall–Kier alpha value is -1.07. The summed E-state index contributed by atoms with van der Waals surface area (Å²) in [7, 11) is 1.85. The maximum atomic E-state index is 12.6. The number of nitrogens with zero attached hydrogens (tertiary/aromatic N) is 3. The van der Waals surface area contributed by atoms with Crippen LogP contribution in [0.1, 0.15) is 42.2 Å². The van der Waals surface area contributed by atoms with E-state index in [-0.39, 0.29) is 24.4 Å². The van der Waals surface area contributed by atoms with Gasteiger partial charge in [0.05, 0.1) is 11.3 Å². The second-order valence-corrected chi connectivity index (χ2v) is 4.90. The van der Waals surface area contributed by atoms with Crippen molar-refractivity contribution in [3.05, 3.63) is 17.5 Å². The number of aryl methyl sites for hydroxylation is 2. The van der Waals surface area contributed by atoms with Crippen LogP contribution in [-0.2, 0) is 13.5 Å². The fraction of sp³-hybridized carbons (Fsp3) is 0.692. The smallest absolute Gasteiger partial charge is 0.257 e. The van der Waals surface area contributed by atoms with Crippen molar-refractivity contribution in [3.63, 3.8) is 0 Å². The van der Waals surface area contributed by atoms with Crippen molar-refractivity contribution >= 4 is 18.3 Å². The first kappa shape index (κ1) is 16.0. The average Bonchev–Trinajstić information content (AvgIpc) is 2.79. The number of rotatable bonds is 3. The van der Waals surface area contributed by atoms with E-state index < -0.39 is 0 Å². The van der Waals surface area contributed by atoms with Crippen molar-refractivity contribution in [1.82, 2.24) is 14.7 Å². The van der Waals surface area contributed by atoms with Crippen LogP contribution >= 0.6 is 12.4 Å². The number of hydrogen-bond acceptors (Lipinski definition) is 3. The number of amides is 1. The summed E-state index contributed by atoms with van der Waals surface area (Å²) in [4.78, 5) is 14.5. The zero-order chi connectivity index (χ0) is 13.1. The molecule has 1 atom stereocenters. The summed E-state index contributed by atoms with van der Waals surface area (Å²) in [5, 5.41) is 4.33. The number of aromatic nitrogens is 2. The highest BCUT2D eigenvalue weighted by molar-refractivity contribution is 5.95. The Bertz CT molecular complexity index is 432. The monoisotopic (exact) mass is 286 g/mol. The number of hydrogen-bond donors (Lipinski definition) is 1. The van der Waals surface area contributed by atoms with Gasteiger partial charge < -0.3 is 10.6 Å². The standard InChI is InChI=1S/C13H22N4O.ClH/c1-3-12-11(9-16(2)15-12)13(18)17-7-5-4-6-10(17)8-14;/h9-10H,3-8,14H2,1-2H3;1H. The Morgan fingerprint density at radius 3 is 2.89 bits per heavy atom. The minimum Gasteiger partial charge on any atom is -0.334 e. The van der Waals surface area contributed by atoms with Gasteiger partial charge in [0.15, 0.2) is 0 Å². The maximum Gasteiger partial charge on any atom is 0.257 e. The molecule has 5 nitrogen and oxygen atoms in total. The third-order valence-corrected chi connectivity index (χ3v) is 3.63. The number of nitrogens with two attached hydrogens (primary N) is 1. The lowest BCUT2D eigenvalue weighted by Crippen LogP contribution is -2.47. The molecule has 108 valence electrons. The lowest BCUT2D eigenvalue weighted by atomic mass is 10.0. The molecule has 1 aromatic rings. The molecule has 19 heavy (non-hydrogen) atoms. The van der Waals surface area contributed by atoms with Gasteiger partial charge in [0.25, 0.3) is 5.91 Å². The quantitative estimate of drug-likeness (QED) is 0.912. The molecule has 1 saturated heterocycles. The second-order valence-electron chi connectivity index (χ2n) is 4.90. The summed E-state index contributed by atoms with van der Waals surface area (Å²) in [5.74, 6) is 0.0927. The van der Waals surface area contributed by atoms with Crippen LogP contribution in [0, 0.1) is 0 Å². The molecular weight excluding hydrogens is 264 g/mol. The van der Waals surface area contributed by atoms with Crippen molar-refractivity contribution in [1.29, 1.82) is 0 Å². The Morgan fingerprint density at radius 1 is 1.53 bits per heavy atom. The van der Waals surface area contributed by atoms with Crippen LogP contribution in [-0.4, -0.2) is 39.7 Å². The van der Waals surface area contributed by atoms with Crippen LogP contribution in [0.15, 0.2) is 6.20 Å². The minimum atomic E-state index is 0. The number of carbonyl (C=O) groups excluding carboxylic acids is 1. The molecule has 1 aromatic heterocycles. The van der Waals surface area contributed by atoms with Crippen LogP contribution < -0.4 is 5.73 Å². The first-order valence-corrected chi connectivity index (χ1v) is 6.71. The van der Waals surface area contributed by atoms with Crippen molar-refractivity contribution < 1.29 is 4.79 Å². The van der Waals surface area contributed by atoms with Crippen LogP contribution in [0.25, 0.3) is 0 Å². The maximum absolute atomic E-state index is 12.6. The zero-order valence-corrected chi connectivity index (χ0v) is 12.4. The van der Waals surface area contributed by atoms with Crippen LogP contribution in [0.2, 0.25) is 0 Å². The van der Waals surface area contributed by atoms with Gasteiger partial charge in [-0.25, -0.2) is 0 Å². The highest BCUT2D eigenvalue weighted by atomic mass is 35.5. The van der Waals surface area contributed by atoms with Gasteiger partial charge in [-0.15, -0.1) is 12.4 Å². The third kappa shape index (κ3) is 3.28. The summed E-state index contributed by atoms with van der Waals surface area (Å²) >= 11 is 0. The predicted octanol–water partition coefficient (Wildman–Crippen LogP) is 1.36. The van der Waals surface area contributed by atoms with Gasteiger partial charge in [0.1, 0.15) is 0 Å². The topological polar surface area (TPSA) is 64.2 Å². The highest BCUT2D eigenvalue weighted by Crippen LogP contribution is 2.20. The fourth-order valence-corrected chi connectivity index (χ4v) is 2.64. The van der Waals surface area contributed by atoms with Crippen molar-refractivity contribution in [2.24, 2.45) is 12.8 Å². The number of likely N-dealkylation sites (tertiary alicyclic amines) is 1. The van der Waals surface area contributed by atoms with Gasteiger partial charge in [-0.05, 0) is 25.7 Å². The van der Waals surface area contributed by atoms with E-state index in [1.165, 1.54) is 6.42 Å². The summed E-state index contributed by atoms with van der Waals surface area (Å²) in [6.07, 6.45) is 5.86. The Labute approximate surface area is 120 Å². The highest BCUT2D eigenvalue weighted by Gasteiger charge is 2.28. The second kappa shape index (κ2) is 6.91. The number of halogens is 1. The number of carbonyl (C=O) groups is 1. The van der Waals surface area contributed by atoms with Crippen LogP contribution in [0.4, 0.5) is 0 Å². The molecule has 1 fully saturated rings. The summed E-state index contributed by atoms with van der Waals surface area (Å²) in [5.41, 5.74) is 7.39. The number of piperidine rings is 1. The van der Waals surface area contributed by atoms with E-state index in [0.29, 0.717) is 6.54 Å². The Balaban J connectivity index is 0.00000180. The SMILES string of the molecule is CCc1nn(C)cc1C(=O)N1CCCCC1CN.Cl. The molecule has 0 bridgehead atoms. The lowest BCUT2D eigenvalue weighted by molar-refractivity contribution is 0.0622. The summed E-state index contributed by atoms with van der Waals surface area (Å²) in [6.45, 7) is 3.39. The van der Waals surface area contributed by atoms with E-state index >= 15 is 0 Å². The molecule has 1 unspecified atom stereocenters. The fourth-order valence-electron chi connectivity index (χ4n) is 2.64. The molecule has 2 heterocycles. The third-order valence-electron chi connectivity index (χ3n) is 3.63. The largest absolute Gasteiger partial charge is 0.334 e. The first-order chi connectivity index (χ1) is 8.67. The normalized spacial score (nSPS) is 19.1. The molecule has 0 aromatic carbocycles. The molecule has 2 rings (SSSR count). The molecule has 1 aliphatic rings.